The summed E-state index contributed by atoms with van der Waals surface area (Å²) in [7, 11) is 1.58. The molecule has 1 amide bonds. The Morgan fingerprint density at radius 3 is 2.80 bits per heavy atom. The van der Waals surface area contributed by atoms with Gasteiger partial charge in [0.15, 0.2) is 5.76 Å². The van der Waals surface area contributed by atoms with Crippen molar-refractivity contribution in [2.45, 2.75) is 6.54 Å². The van der Waals surface area contributed by atoms with Gasteiger partial charge in [-0.2, -0.15) is 0 Å². The lowest BCUT2D eigenvalue weighted by Crippen LogP contribution is -2.17. The van der Waals surface area contributed by atoms with Crippen molar-refractivity contribution in [2.75, 3.05) is 12.4 Å². The van der Waals surface area contributed by atoms with Crippen LogP contribution in [0.3, 0.4) is 0 Å². The Kier molecular flexibility index (Phi) is 5.26. The smallest absolute Gasteiger partial charge is 0.251 e. The highest BCUT2D eigenvalue weighted by Gasteiger charge is 2.10. The lowest BCUT2D eigenvalue weighted by molar-refractivity contribution is 0.0963. The summed E-state index contributed by atoms with van der Waals surface area (Å²) in [6.45, 7) is 0.331. The van der Waals surface area contributed by atoms with Gasteiger partial charge in [-0.15, -0.1) is 0 Å². The molecule has 1 heterocycles. The van der Waals surface area contributed by atoms with Crippen LogP contribution >= 0.6 is 23.2 Å². The number of hydrogen-bond acceptors (Lipinski definition) is 4. The van der Waals surface area contributed by atoms with Crippen molar-refractivity contribution in [3.8, 4) is 11.3 Å². The van der Waals surface area contributed by atoms with Crippen LogP contribution < -0.4 is 10.6 Å². The van der Waals surface area contributed by atoms with E-state index in [1.807, 2.05) is 18.2 Å². The largest absolute Gasteiger partial charge is 0.439 e. The molecule has 0 fully saturated rings. The summed E-state index contributed by atoms with van der Waals surface area (Å²) in [4.78, 5) is 16.0. The summed E-state index contributed by atoms with van der Waals surface area (Å²) in [5, 5.41) is 6.85. The summed E-state index contributed by atoms with van der Waals surface area (Å²) in [5.74, 6) is 0.944. The zero-order valence-corrected chi connectivity index (χ0v) is 14.9. The van der Waals surface area contributed by atoms with Crippen molar-refractivity contribution in [1.29, 1.82) is 0 Å². The second-order valence-electron chi connectivity index (χ2n) is 5.26. The predicted molar refractivity (Wildman–Crippen MR) is 99.1 cm³/mol. The highest BCUT2D eigenvalue weighted by molar-refractivity contribution is 6.33. The molecule has 0 aliphatic heterocycles. The van der Waals surface area contributed by atoms with Gasteiger partial charge in [0.05, 0.1) is 23.5 Å². The SMILES string of the molecule is CNC(=O)c1ccc(Cl)c(NCc2ncc(-c3cccc(Cl)c3)o2)c1. The van der Waals surface area contributed by atoms with Crippen LogP contribution in [-0.4, -0.2) is 17.9 Å². The minimum atomic E-state index is -0.181. The Labute approximate surface area is 155 Å². The van der Waals surface area contributed by atoms with E-state index in [0.717, 1.165) is 5.56 Å². The average molecular weight is 376 g/mol. The van der Waals surface area contributed by atoms with Crippen LogP contribution in [0.25, 0.3) is 11.3 Å². The summed E-state index contributed by atoms with van der Waals surface area (Å²) >= 11 is 12.2. The van der Waals surface area contributed by atoms with Crippen molar-refractivity contribution < 1.29 is 9.21 Å². The van der Waals surface area contributed by atoms with Gasteiger partial charge in [-0.1, -0.05) is 35.3 Å². The van der Waals surface area contributed by atoms with Crippen LogP contribution in [0.1, 0.15) is 16.2 Å². The first-order chi connectivity index (χ1) is 12.1. The molecule has 128 valence electrons. The lowest BCUT2D eigenvalue weighted by atomic mass is 10.2. The summed E-state index contributed by atoms with van der Waals surface area (Å²) in [5.41, 5.74) is 2.00. The second kappa shape index (κ2) is 7.59. The van der Waals surface area contributed by atoms with Crippen LogP contribution in [0.5, 0.6) is 0 Å². The topological polar surface area (TPSA) is 67.2 Å². The summed E-state index contributed by atoms with van der Waals surface area (Å²) in [6.07, 6.45) is 1.64. The van der Waals surface area contributed by atoms with E-state index < -0.39 is 0 Å². The number of aromatic nitrogens is 1. The second-order valence-corrected chi connectivity index (χ2v) is 6.10. The molecule has 2 N–H and O–H groups in total. The molecule has 3 rings (SSSR count). The number of nitrogens with zero attached hydrogens (tertiary/aromatic N) is 1. The molecule has 0 saturated heterocycles. The number of carbonyl (C=O) groups excluding carboxylic acids is 1. The molecular formula is C18H15Cl2N3O2. The maximum absolute atomic E-state index is 11.7. The van der Waals surface area contributed by atoms with Gasteiger partial charge in [-0.05, 0) is 30.3 Å². The fourth-order valence-electron chi connectivity index (χ4n) is 2.28. The quantitative estimate of drug-likeness (QED) is 0.682. The van der Waals surface area contributed by atoms with Crippen molar-refractivity contribution in [3.63, 3.8) is 0 Å². The first-order valence-corrected chi connectivity index (χ1v) is 8.28. The highest BCUT2D eigenvalue weighted by atomic mass is 35.5. The molecule has 0 radical (unpaired) electrons. The van der Waals surface area contributed by atoms with Crippen LogP contribution in [0, 0.1) is 0 Å². The molecule has 3 aromatic rings. The van der Waals surface area contributed by atoms with Crippen LogP contribution in [0.4, 0.5) is 5.69 Å². The average Bonchev–Trinajstić information content (AvgIpc) is 3.09. The Bertz CT molecular complexity index is 909. The van der Waals surface area contributed by atoms with Gasteiger partial charge >= 0.3 is 0 Å². The van der Waals surface area contributed by atoms with E-state index in [0.29, 0.717) is 39.5 Å². The molecule has 0 spiro atoms. The Hall–Kier alpha value is -2.50. The number of rotatable bonds is 5. The number of hydrogen-bond donors (Lipinski definition) is 2. The first kappa shape index (κ1) is 17.3. The molecule has 1 aromatic heterocycles. The lowest BCUT2D eigenvalue weighted by Gasteiger charge is -2.08. The van der Waals surface area contributed by atoms with E-state index >= 15 is 0 Å². The third-order valence-corrected chi connectivity index (χ3v) is 4.11. The normalized spacial score (nSPS) is 10.5. The number of amides is 1. The van der Waals surface area contributed by atoms with Crippen molar-refractivity contribution in [2.24, 2.45) is 0 Å². The van der Waals surface area contributed by atoms with E-state index in [1.54, 1.807) is 37.5 Å². The maximum atomic E-state index is 11.7. The molecule has 2 aromatic carbocycles. The maximum Gasteiger partial charge on any atom is 0.251 e. The monoisotopic (exact) mass is 375 g/mol. The van der Waals surface area contributed by atoms with E-state index in [9.17, 15) is 4.79 Å². The number of oxazole rings is 1. The molecular weight excluding hydrogens is 361 g/mol. The summed E-state index contributed by atoms with van der Waals surface area (Å²) in [6, 6.07) is 12.4. The molecule has 0 atom stereocenters. The van der Waals surface area contributed by atoms with Gasteiger partial charge in [-0.25, -0.2) is 4.98 Å². The van der Waals surface area contributed by atoms with E-state index in [1.165, 1.54) is 0 Å². The van der Waals surface area contributed by atoms with Gasteiger partial charge in [0, 0.05) is 23.2 Å². The van der Waals surface area contributed by atoms with Gasteiger partial charge in [-0.3, -0.25) is 4.79 Å². The zero-order chi connectivity index (χ0) is 17.8. The number of anilines is 1. The Morgan fingerprint density at radius 2 is 2.04 bits per heavy atom. The number of carbonyl (C=O) groups is 1. The van der Waals surface area contributed by atoms with Gasteiger partial charge < -0.3 is 15.1 Å². The zero-order valence-electron chi connectivity index (χ0n) is 13.3. The van der Waals surface area contributed by atoms with Crippen molar-refractivity contribution in [3.05, 3.63) is 70.2 Å². The molecule has 0 aliphatic carbocycles. The summed E-state index contributed by atoms with van der Waals surface area (Å²) < 4.78 is 5.73. The molecule has 0 aliphatic rings. The molecule has 0 saturated carbocycles. The fraction of sp³-hybridized carbons (Fsp3) is 0.111. The number of benzene rings is 2. The third-order valence-electron chi connectivity index (χ3n) is 3.55. The van der Waals surface area contributed by atoms with Crippen molar-refractivity contribution >= 4 is 34.8 Å². The molecule has 7 heteroatoms. The van der Waals surface area contributed by atoms with Gasteiger partial charge in [0.25, 0.3) is 5.91 Å². The van der Waals surface area contributed by atoms with Crippen LogP contribution in [0.15, 0.2) is 53.1 Å². The minimum Gasteiger partial charge on any atom is -0.439 e. The third kappa shape index (κ3) is 4.13. The standard InChI is InChI=1S/C18H15Cl2N3O2/c1-21-18(24)12-5-6-14(20)15(8-12)22-10-17-23-9-16(25-17)11-3-2-4-13(19)7-11/h2-9,22H,10H2,1H3,(H,21,24). The molecule has 25 heavy (non-hydrogen) atoms. The van der Waals surface area contributed by atoms with Crippen LogP contribution in [0.2, 0.25) is 10.0 Å². The van der Waals surface area contributed by atoms with Crippen molar-refractivity contribution in [1.82, 2.24) is 10.3 Å². The van der Waals surface area contributed by atoms with E-state index in [-0.39, 0.29) is 5.91 Å². The van der Waals surface area contributed by atoms with Gasteiger partial charge in [0.1, 0.15) is 0 Å². The number of halogens is 2. The first-order valence-electron chi connectivity index (χ1n) is 7.53. The van der Waals surface area contributed by atoms with Crippen LogP contribution in [-0.2, 0) is 6.54 Å². The number of nitrogens with one attached hydrogen (secondary N) is 2. The highest BCUT2D eigenvalue weighted by Crippen LogP contribution is 2.26. The van der Waals surface area contributed by atoms with E-state index in [4.69, 9.17) is 27.6 Å². The molecule has 5 nitrogen and oxygen atoms in total. The Balaban J connectivity index is 1.73. The van der Waals surface area contributed by atoms with E-state index in [2.05, 4.69) is 15.6 Å². The molecule has 0 unspecified atom stereocenters. The van der Waals surface area contributed by atoms with Gasteiger partial charge in [0.2, 0.25) is 5.89 Å². The molecule has 0 bridgehead atoms. The predicted octanol–water partition coefficient (Wildman–Crippen LogP) is 4.62. The fourth-order valence-corrected chi connectivity index (χ4v) is 2.66. The minimum absolute atomic E-state index is 0.181. The Morgan fingerprint density at radius 1 is 1.20 bits per heavy atom.